The van der Waals surface area contributed by atoms with Gasteiger partial charge in [-0.15, -0.1) is 0 Å². The summed E-state index contributed by atoms with van der Waals surface area (Å²) in [6, 6.07) is 10.0. The van der Waals surface area contributed by atoms with E-state index in [1.165, 1.54) is 0 Å². The third kappa shape index (κ3) is 3.57. The van der Waals surface area contributed by atoms with Crippen LogP contribution in [-0.4, -0.2) is 6.92 Å². The number of rotatable bonds is 1. The van der Waals surface area contributed by atoms with Gasteiger partial charge in [-0.3, -0.25) is 0 Å². The van der Waals surface area contributed by atoms with Gasteiger partial charge in [-0.1, -0.05) is 30.0 Å². The Balaban J connectivity index is 1.87. The van der Waals surface area contributed by atoms with Crippen LogP contribution in [-0.2, 0) is 4.65 Å². The summed E-state index contributed by atoms with van der Waals surface area (Å²) in [5, 5.41) is 8.44. The van der Waals surface area contributed by atoms with Crippen LogP contribution < -0.4 is 0 Å². The third-order valence-electron chi connectivity index (χ3n) is 3.09. The molecule has 17 heavy (non-hydrogen) atoms. The Kier molecular flexibility index (Phi) is 4.11. The van der Waals surface area contributed by atoms with Crippen LogP contribution in [0.3, 0.4) is 0 Å². The van der Waals surface area contributed by atoms with E-state index < -0.39 is 0 Å². The fourth-order valence-corrected chi connectivity index (χ4v) is 2.11. The molecular formula is C14H14BNO. The molecule has 1 aromatic carbocycles. The van der Waals surface area contributed by atoms with Crippen LogP contribution in [0.5, 0.6) is 0 Å². The first-order valence-electron chi connectivity index (χ1n) is 6.00. The highest BCUT2D eigenvalue weighted by molar-refractivity contribution is 6.52. The van der Waals surface area contributed by atoms with E-state index in [2.05, 4.69) is 11.8 Å². The summed E-state index contributed by atoms with van der Waals surface area (Å²) in [7, 11) is 0. The molecule has 0 amide bonds. The molecule has 0 unspecified atom stereocenters. The first-order chi connectivity index (χ1) is 8.38. The fourth-order valence-electron chi connectivity index (χ4n) is 2.11. The third-order valence-corrected chi connectivity index (χ3v) is 3.09. The highest BCUT2D eigenvalue weighted by Crippen LogP contribution is 2.25. The van der Waals surface area contributed by atoms with E-state index in [-0.39, 0.29) is 6.92 Å². The maximum absolute atomic E-state index is 8.44. The lowest BCUT2D eigenvalue weighted by Gasteiger charge is -2.19. The highest BCUT2D eigenvalue weighted by atomic mass is 16.4. The zero-order valence-electron chi connectivity index (χ0n) is 9.73. The molecule has 1 heterocycles. The number of hydrogen-bond acceptors (Lipinski definition) is 2. The van der Waals surface area contributed by atoms with E-state index in [1.54, 1.807) is 6.26 Å². The molecule has 0 aliphatic carbocycles. The Bertz CT molecular complexity index is 447. The van der Waals surface area contributed by atoms with Gasteiger partial charge in [-0.05, 0) is 37.6 Å². The average molecular weight is 223 g/mol. The molecule has 0 atom stereocenters. The highest BCUT2D eigenvalue weighted by Gasteiger charge is 2.25. The lowest BCUT2D eigenvalue weighted by atomic mass is 9.54. The minimum absolute atomic E-state index is 0.120. The first kappa shape index (κ1) is 11.6. The van der Waals surface area contributed by atoms with Gasteiger partial charge in [0.05, 0.1) is 0 Å². The molecule has 1 aliphatic rings. The summed E-state index contributed by atoms with van der Waals surface area (Å²) in [6.07, 6.45) is 5.73. The van der Waals surface area contributed by atoms with Gasteiger partial charge in [-0.25, -0.2) is 0 Å². The van der Waals surface area contributed by atoms with Crippen molar-refractivity contribution in [2.75, 3.05) is 0 Å². The Morgan fingerprint density at radius 1 is 1.18 bits per heavy atom. The Hall–Kier alpha value is -1.87. The van der Waals surface area contributed by atoms with Crippen molar-refractivity contribution in [1.29, 1.82) is 5.26 Å². The minimum Gasteiger partial charge on any atom is -0.498 e. The number of nitrogens with zero attached hydrogens (tertiary/aromatic N) is 1. The monoisotopic (exact) mass is 223 g/mol. The van der Waals surface area contributed by atoms with Gasteiger partial charge in [0.2, 0.25) is 0 Å². The summed E-state index contributed by atoms with van der Waals surface area (Å²) in [5.74, 6) is 6.97. The van der Waals surface area contributed by atoms with Crippen molar-refractivity contribution in [1.82, 2.24) is 0 Å². The van der Waals surface area contributed by atoms with E-state index in [0.717, 1.165) is 31.0 Å². The largest absolute Gasteiger partial charge is 0.498 e. The molecule has 1 aliphatic heterocycles. The SMILES string of the molecule is N#COB1CCC(C#Cc2ccccc2)CC1. The van der Waals surface area contributed by atoms with Gasteiger partial charge >= 0.3 is 6.92 Å². The molecule has 2 rings (SSSR count). The van der Waals surface area contributed by atoms with Crippen LogP contribution >= 0.6 is 0 Å². The van der Waals surface area contributed by atoms with Crippen LogP contribution in [0.4, 0.5) is 0 Å². The van der Waals surface area contributed by atoms with E-state index >= 15 is 0 Å². The minimum atomic E-state index is 0.120. The van der Waals surface area contributed by atoms with Gasteiger partial charge in [0, 0.05) is 11.5 Å². The summed E-state index contributed by atoms with van der Waals surface area (Å²) < 4.78 is 4.95. The normalized spacial score (nSPS) is 15.6. The molecule has 0 aromatic heterocycles. The second kappa shape index (κ2) is 6.02. The zero-order valence-corrected chi connectivity index (χ0v) is 9.73. The molecule has 84 valence electrons. The molecule has 0 saturated carbocycles. The second-order valence-electron chi connectivity index (χ2n) is 4.32. The Morgan fingerprint density at radius 3 is 2.53 bits per heavy atom. The van der Waals surface area contributed by atoms with Crippen molar-refractivity contribution in [2.24, 2.45) is 5.92 Å². The molecule has 3 heteroatoms. The maximum Gasteiger partial charge on any atom is 0.373 e. The van der Waals surface area contributed by atoms with Crippen molar-refractivity contribution in [3.8, 4) is 18.1 Å². The van der Waals surface area contributed by atoms with Gasteiger partial charge in [-0.2, -0.15) is 5.26 Å². The van der Waals surface area contributed by atoms with Crippen molar-refractivity contribution < 1.29 is 4.65 Å². The summed E-state index contributed by atoms with van der Waals surface area (Å²) in [4.78, 5) is 0. The zero-order chi connectivity index (χ0) is 11.9. The molecule has 0 N–H and O–H groups in total. The summed E-state index contributed by atoms with van der Waals surface area (Å²) in [6.45, 7) is 0.120. The van der Waals surface area contributed by atoms with Crippen LogP contribution in [0.2, 0.25) is 12.6 Å². The summed E-state index contributed by atoms with van der Waals surface area (Å²) in [5.41, 5.74) is 1.07. The molecule has 2 nitrogen and oxygen atoms in total. The molecule has 0 radical (unpaired) electrons. The van der Waals surface area contributed by atoms with E-state index in [1.807, 2.05) is 30.3 Å². The number of benzene rings is 1. The smallest absolute Gasteiger partial charge is 0.373 e. The number of hydrogen-bond donors (Lipinski definition) is 0. The van der Waals surface area contributed by atoms with Crippen LogP contribution in [0.15, 0.2) is 30.3 Å². The molecule has 1 aromatic rings. The van der Waals surface area contributed by atoms with Gasteiger partial charge in [0.1, 0.15) is 0 Å². The second-order valence-corrected chi connectivity index (χ2v) is 4.32. The average Bonchev–Trinajstić information content (AvgIpc) is 2.40. The molecule has 1 fully saturated rings. The first-order valence-corrected chi connectivity index (χ1v) is 6.00. The molecule has 0 bridgehead atoms. The lowest BCUT2D eigenvalue weighted by Crippen LogP contribution is -2.22. The van der Waals surface area contributed by atoms with E-state index in [0.29, 0.717) is 5.92 Å². The predicted molar refractivity (Wildman–Crippen MR) is 68.1 cm³/mol. The van der Waals surface area contributed by atoms with Crippen molar-refractivity contribution >= 4 is 6.92 Å². The Morgan fingerprint density at radius 2 is 1.88 bits per heavy atom. The van der Waals surface area contributed by atoms with Crippen molar-refractivity contribution in [3.63, 3.8) is 0 Å². The van der Waals surface area contributed by atoms with Gasteiger partial charge in [0.15, 0.2) is 0 Å². The van der Waals surface area contributed by atoms with Crippen molar-refractivity contribution in [3.05, 3.63) is 35.9 Å². The van der Waals surface area contributed by atoms with Gasteiger partial charge < -0.3 is 4.65 Å². The predicted octanol–water partition coefficient (Wildman–Crippen LogP) is 2.94. The van der Waals surface area contributed by atoms with Crippen LogP contribution in [0, 0.1) is 29.3 Å². The van der Waals surface area contributed by atoms with E-state index in [4.69, 9.17) is 9.92 Å². The van der Waals surface area contributed by atoms with Crippen LogP contribution in [0.25, 0.3) is 0 Å². The summed E-state index contributed by atoms with van der Waals surface area (Å²) >= 11 is 0. The Labute approximate surface area is 103 Å². The van der Waals surface area contributed by atoms with E-state index in [9.17, 15) is 0 Å². The standard InChI is InChI=1S/C14H14BNO/c16-12-17-15-10-8-14(9-11-15)7-6-13-4-2-1-3-5-13/h1-5,14H,8-11H2. The van der Waals surface area contributed by atoms with Gasteiger partial charge in [0.25, 0.3) is 6.26 Å². The molecular weight excluding hydrogens is 209 g/mol. The molecule has 0 spiro atoms. The topological polar surface area (TPSA) is 33.0 Å². The quantitative estimate of drug-likeness (QED) is 0.416. The fraction of sp³-hybridized carbons (Fsp3) is 0.357. The van der Waals surface area contributed by atoms with Crippen molar-refractivity contribution in [2.45, 2.75) is 25.5 Å². The molecule has 1 saturated heterocycles. The number of nitriles is 1. The van der Waals surface area contributed by atoms with Crippen LogP contribution in [0.1, 0.15) is 18.4 Å². The lowest BCUT2D eigenvalue weighted by molar-refractivity contribution is 0.469. The maximum atomic E-state index is 8.44.